The first kappa shape index (κ1) is 8.94. The van der Waals surface area contributed by atoms with Gasteiger partial charge in [0.1, 0.15) is 0 Å². The zero-order valence-corrected chi connectivity index (χ0v) is 7.61. The summed E-state index contributed by atoms with van der Waals surface area (Å²) in [6.07, 6.45) is 0.0818. The third-order valence-electron chi connectivity index (χ3n) is 2.30. The molecule has 3 heteroatoms. The number of rotatable bonds is 2. The monoisotopic (exact) mass is 191 g/mol. The molecule has 1 atom stereocenters. The summed E-state index contributed by atoms with van der Waals surface area (Å²) >= 11 is 0. The second kappa shape index (κ2) is 3.25. The van der Waals surface area contributed by atoms with Gasteiger partial charge in [0.2, 0.25) is 6.17 Å². The summed E-state index contributed by atoms with van der Waals surface area (Å²) < 4.78 is 13.5. The van der Waals surface area contributed by atoms with Crippen LogP contribution in [0.2, 0.25) is 0 Å². The van der Waals surface area contributed by atoms with Crippen LogP contribution in [-0.2, 0) is 4.79 Å². The van der Waals surface area contributed by atoms with Crippen LogP contribution in [0.4, 0.5) is 10.1 Å². The lowest BCUT2D eigenvalue weighted by Crippen LogP contribution is -2.27. The number of nitrogens with zero attached hydrogens (tertiary/aromatic N) is 1. The zero-order valence-electron chi connectivity index (χ0n) is 7.61. The Balaban J connectivity index is 2.47. The molecule has 0 saturated heterocycles. The highest BCUT2D eigenvalue weighted by atomic mass is 19.1. The van der Waals surface area contributed by atoms with E-state index in [-0.39, 0.29) is 0 Å². The molecular weight excluding hydrogens is 181 g/mol. The molecule has 0 fully saturated rings. The molecule has 1 amide bonds. The molecule has 1 unspecified atom stereocenters. The maximum atomic E-state index is 13.5. The van der Waals surface area contributed by atoms with Crippen molar-refractivity contribution in [3.05, 3.63) is 42.5 Å². The van der Waals surface area contributed by atoms with E-state index < -0.39 is 12.1 Å². The largest absolute Gasteiger partial charge is 0.305 e. The van der Waals surface area contributed by atoms with Crippen LogP contribution in [-0.4, -0.2) is 12.5 Å². The Labute approximate surface area is 81.6 Å². The second-order valence-electron chi connectivity index (χ2n) is 3.16. The van der Waals surface area contributed by atoms with E-state index in [4.69, 9.17) is 0 Å². The number of alkyl halides is 1. The molecular formula is C11H10FNO. The third-order valence-corrected chi connectivity index (χ3v) is 2.30. The number of halogens is 1. The fraction of sp³-hybridized carbons (Fsp3) is 0.182. The standard InChI is InChI=1S/C11H10FNO/c1-2-7-13-9-6-4-3-5-8(9)10(12)11(13)14/h2-6,10H,1,7H2. The lowest BCUT2D eigenvalue weighted by molar-refractivity contribution is -0.122. The molecule has 0 spiro atoms. The van der Waals surface area contributed by atoms with Crippen molar-refractivity contribution in [2.75, 3.05) is 11.4 Å². The zero-order chi connectivity index (χ0) is 10.1. The van der Waals surface area contributed by atoms with Gasteiger partial charge < -0.3 is 4.90 Å². The fourth-order valence-corrected chi connectivity index (χ4v) is 1.65. The van der Waals surface area contributed by atoms with Gasteiger partial charge in [-0.1, -0.05) is 24.3 Å². The predicted octanol–water partition coefficient (Wildman–Crippen LogP) is 2.23. The number of benzene rings is 1. The van der Waals surface area contributed by atoms with E-state index in [9.17, 15) is 9.18 Å². The first-order valence-electron chi connectivity index (χ1n) is 4.41. The number of anilines is 1. The van der Waals surface area contributed by atoms with Gasteiger partial charge in [-0.2, -0.15) is 0 Å². The van der Waals surface area contributed by atoms with Crippen molar-refractivity contribution < 1.29 is 9.18 Å². The highest BCUT2D eigenvalue weighted by Gasteiger charge is 2.36. The minimum absolute atomic E-state index is 0.357. The van der Waals surface area contributed by atoms with Crippen LogP contribution in [0.25, 0.3) is 0 Å². The van der Waals surface area contributed by atoms with E-state index in [0.717, 1.165) is 0 Å². The van der Waals surface area contributed by atoms with Crippen LogP contribution in [0.3, 0.4) is 0 Å². The van der Waals surface area contributed by atoms with E-state index in [0.29, 0.717) is 17.8 Å². The molecule has 2 nitrogen and oxygen atoms in total. The smallest absolute Gasteiger partial charge is 0.266 e. The van der Waals surface area contributed by atoms with Gasteiger partial charge in [0, 0.05) is 12.1 Å². The Morgan fingerprint density at radius 2 is 2.21 bits per heavy atom. The Hall–Kier alpha value is -1.64. The molecule has 0 aliphatic carbocycles. The van der Waals surface area contributed by atoms with Crippen molar-refractivity contribution in [3.63, 3.8) is 0 Å². The summed E-state index contributed by atoms with van der Waals surface area (Å²) in [4.78, 5) is 12.9. The number of carbonyl (C=O) groups is 1. The van der Waals surface area contributed by atoms with Crippen molar-refractivity contribution in [1.29, 1.82) is 0 Å². The molecule has 0 radical (unpaired) electrons. The van der Waals surface area contributed by atoms with E-state index >= 15 is 0 Å². The van der Waals surface area contributed by atoms with Crippen molar-refractivity contribution in [2.45, 2.75) is 6.17 Å². The molecule has 72 valence electrons. The van der Waals surface area contributed by atoms with E-state index in [2.05, 4.69) is 6.58 Å². The number of hydrogen-bond acceptors (Lipinski definition) is 1. The molecule has 1 aliphatic heterocycles. The lowest BCUT2D eigenvalue weighted by atomic mass is 10.1. The maximum Gasteiger partial charge on any atom is 0.266 e. The lowest BCUT2D eigenvalue weighted by Gasteiger charge is -2.13. The summed E-state index contributed by atoms with van der Waals surface area (Å²) in [7, 11) is 0. The summed E-state index contributed by atoms with van der Waals surface area (Å²) in [5, 5.41) is 0. The first-order chi connectivity index (χ1) is 6.75. The van der Waals surface area contributed by atoms with Crippen LogP contribution in [0.5, 0.6) is 0 Å². The minimum atomic E-state index is -1.51. The highest BCUT2D eigenvalue weighted by molar-refractivity contribution is 6.04. The molecule has 0 bridgehead atoms. The fourth-order valence-electron chi connectivity index (χ4n) is 1.65. The molecule has 1 aliphatic rings. The van der Waals surface area contributed by atoms with Crippen LogP contribution in [0, 0.1) is 0 Å². The van der Waals surface area contributed by atoms with Gasteiger partial charge in [0.25, 0.3) is 5.91 Å². The Kier molecular flexibility index (Phi) is 2.08. The molecule has 2 rings (SSSR count). The van der Waals surface area contributed by atoms with Gasteiger partial charge in [-0.05, 0) is 6.07 Å². The number of fused-ring (bicyclic) bond motifs is 1. The number of para-hydroxylation sites is 1. The molecule has 14 heavy (non-hydrogen) atoms. The normalized spacial score (nSPS) is 19.6. The van der Waals surface area contributed by atoms with Gasteiger partial charge in [0.15, 0.2) is 0 Å². The summed E-state index contributed by atoms with van der Waals surface area (Å²) in [6, 6.07) is 6.91. The van der Waals surface area contributed by atoms with E-state index in [1.54, 1.807) is 30.3 Å². The van der Waals surface area contributed by atoms with Crippen molar-refractivity contribution in [1.82, 2.24) is 0 Å². The van der Waals surface area contributed by atoms with Crippen molar-refractivity contribution >= 4 is 11.6 Å². The quantitative estimate of drug-likeness (QED) is 0.656. The summed E-state index contributed by atoms with van der Waals surface area (Å²) in [5.41, 5.74) is 1.12. The third kappa shape index (κ3) is 1.13. The molecule has 1 aromatic carbocycles. The van der Waals surface area contributed by atoms with Crippen LogP contribution in [0.1, 0.15) is 11.7 Å². The van der Waals surface area contributed by atoms with Crippen molar-refractivity contribution in [3.8, 4) is 0 Å². The molecule has 0 saturated carbocycles. The highest BCUT2D eigenvalue weighted by Crippen LogP contribution is 2.37. The second-order valence-corrected chi connectivity index (χ2v) is 3.16. The van der Waals surface area contributed by atoms with Crippen LogP contribution >= 0.6 is 0 Å². The Morgan fingerprint density at radius 1 is 1.50 bits per heavy atom. The summed E-state index contributed by atoms with van der Waals surface area (Å²) in [5.74, 6) is -0.494. The van der Waals surface area contributed by atoms with E-state index in [1.807, 2.05) is 0 Å². The van der Waals surface area contributed by atoms with Gasteiger partial charge in [-0.3, -0.25) is 4.79 Å². The SMILES string of the molecule is C=CCN1C(=O)C(F)c2ccccc21. The number of carbonyl (C=O) groups excluding carboxylic acids is 1. The van der Waals surface area contributed by atoms with E-state index in [1.165, 1.54) is 4.90 Å². The molecule has 1 heterocycles. The Bertz CT molecular complexity index is 389. The number of hydrogen-bond donors (Lipinski definition) is 0. The van der Waals surface area contributed by atoms with Gasteiger partial charge in [0.05, 0.1) is 5.69 Å². The van der Waals surface area contributed by atoms with Gasteiger partial charge in [-0.25, -0.2) is 4.39 Å². The number of amides is 1. The predicted molar refractivity (Wildman–Crippen MR) is 52.8 cm³/mol. The molecule has 0 aromatic heterocycles. The van der Waals surface area contributed by atoms with Gasteiger partial charge in [-0.15, -0.1) is 6.58 Å². The van der Waals surface area contributed by atoms with Crippen LogP contribution < -0.4 is 4.90 Å². The first-order valence-corrected chi connectivity index (χ1v) is 4.41. The minimum Gasteiger partial charge on any atom is -0.305 e. The Morgan fingerprint density at radius 3 is 2.93 bits per heavy atom. The maximum absolute atomic E-state index is 13.5. The molecule has 0 N–H and O–H groups in total. The van der Waals surface area contributed by atoms with Crippen molar-refractivity contribution in [2.24, 2.45) is 0 Å². The van der Waals surface area contributed by atoms with Crippen LogP contribution in [0.15, 0.2) is 36.9 Å². The van der Waals surface area contributed by atoms with Gasteiger partial charge >= 0.3 is 0 Å². The summed E-state index contributed by atoms with van der Waals surface area (Å²) in [6.45, 7) is 3.90. The topological polar surface area (TPSA) is 20.3 Å². The average Bonchev–Trinajstić information content (AvgIpc) is 2.45. The molecule has 1 aromatic rings. The average molecular weight is 191 g/mol.